The van der Waals surface area contributed by atoms with Crippen molar-refractivity contribution >= 4 is 39.9 Å². The fourth-order valence-electron chi connectivity index (χ4n) is 2.92. The molecule has 0 saturated carbocycles. The van der Waals surface area contributed by atoms with Crippen LogP contribution in [0.15, 0.2) is 65.1 Å². The fraction of sp³-hybridized carbons (Fsp3) is 0.182. The zero-order valence-electron chi connectivity index (χ0n) is 15.5. The van der Waals surface area contributed by atoms with Gasteiger partial charge < -0.3 is 19.5 Å². The molecule has 29 heavy (non-hydrogen) atoms. The van der Waals surface area contributed by atoms with E-state index in [4.69, 9.17) is 25.8 Å². The van der Waals surface area contributed by atoms with Crippen LogP contribution >= 0.6 is 39.9 Å². The normalized spacial score (nSPS) is 11.8. The average Bonchev–Trinajstić information content (AvgIpc) is 3.16. The van der Waals surface area contributed by atoms with Crippen LogP contribution in [0.2, 0.25) is 5.02 Å². The van der Waals surface area contributed by atoms with Crippen LogP contribution in [0, 0.1) is 0 Å². The molecule has 0 saturated heterocycles. The van der Waals surface area contributed by atoms with Crippen molar-refractivity contribution in [3.05, 3.63) is 86.8 Å². The van der Waals surface area contributed by atoms with E-state index in [0.29, 0.717) is 13.4 Å². The van der Waals surface area contributed by atoms with Gasteiger partial charge in [-0.15, -0.1) is 12.4 Å². The van der Waals surface area contributed by atoms with Gasteiger partial charge in [0.15, 0.2) is 11.5 Å². The monoisotopic (exact) mass is 495 g/mol. The van der Waals surface area contributed by atoms with Gasteiger partial charge in [0, 0.05) is 18.1 Å². The van der Waals surface area contributed by atoms with E-state index in [1.807, 2.05) is 48.5 Å². The Kier molecular flexibility index (Phi) is 7.67. The zero-order valence-corrected chi connectivity index (χ0v) is 18.6. The van der Waals surface area contributed by atoms with E-state index in [9.17, 15) is 0 Å². The molecule has 3 aromatic carbocycles. The maximum Gasteiger partial charge on any atom is 0.231 e. The van der Waals surface area contributed by atoms with Gasteiger partial charge >= 0.3 is 0 Å². The topological polar surface area (TPSA) is 39.7 Å². The van der Waals surface area contributed by atoms with Gasteiger partial charge in [-0.2, -0.15) is 0 Å². The predicted octanol–water partition coefficient (Wildman–Crippen LogP) is 6.12. The Morgan fingerprint density at radius 3 is 2.28 bits per heavy atom. The molecular weight excluding hydrogens is 477 g/mol. The lowest BCUT2D eigenvalue weighted by atomic mass is 10.2. The molecule has 1 heterocycles. The van der Waals surface area contributed by atoms with Gasteiger partial charge in [0.25, 0.3) is 0 Å². The van der Waals surface area contributed by atoms with E-state index in [1.165, 1.54) is 5.56 Å². The summed E-state index contributed by atoms with van der Waals surface area (Å²) in [4.78, 5) is 0. The molecule has 0 fully saturated rings. The quantitative estimate of drug-likeness (QED) is 0.427. The minimum Gasteiger partial charge on any atom is -0.488 e. The number of hydrogen-bond donors (Lipinski definition) is 1. The third kappa shape index (κ3) is 5.80. The summed E-state index contributed by atoms with van der Waals surface area (Å²) in [7, 11) is 0. The molecule has 0 aliphatic carbocycles. The first kappa shape index (κ1) is 21.8. The lowest BCUT2D eigenvalue weighted by molar-refractivity contribution is 0.174. The lowest BCUT2D eigenvalue weighted by Crippen LogP contribution is -2.12. The second kappa shape index (κ2) is 10.2. The van der Waals surface area contributed by atoms with Crippen molar-refractivity contribution in [1.29, 1.82) is 0 Å². The maximum atomic E-state index is 5.91. The smallest absolute Gasteiger partial charge is 0.231 e. The Morgan fingerprint density at radius 2 is 1.52 bits per heavy atom. The molecule has 3 aromatic rings. The number of rotatable bonds is 7. The fourth-order valence-corrected chi connectivity index (χ4v) is 3.58. The predicted molar refractivity (Wildman–Crippen MR) is 120 cm³/mol. The highest BCUT2D eigenvalue weighted by molar-refractivity contribution is 9.10. The largest absolute Gasteiger partial charge is 0.488 e. The first-order valence-corrected chi connectivity index (χ1v) is 10.1. The highest BCUT2D eigenvalue weighted by Gasteiger charge is 2.13. The molecule has 0 atom stereocenters. The number of benzene rings is 3. The van der Waals surface area contributed by atoms with Crippen molar-refractivity contribution < 1.29 is 14.2 Å². The molecule has 0 bridgehead atoms. The zero-order chi connectivity index (χ0) is 19.3. The molecule has 152 valence electrons. The van der Waals surface area contributed by atoms with Gasteiger partial charge in [-0.25, -0.2) is 0 Å². The Labute approximate surface area is 189 Å². The summed E-state index contributed by atoms with van der Waals surface area (Å²) in [6.45, 7) is 2.30. The number of halogens is 3. The summed E-state index contributed by atoms with van der Waals surface area (Å²) in [5.41, 5.74) is 3.41. The van der Waals surface area contributed by atoms with Gasteiger partial charge in [-0.05, 0) is 69.0 Å². The number of fused-ring (bicyclic) bond motifs is 1. The van der Waals surface area contributed by atoms with E-state index in [-0.39, 0.29) is 12.4 Å². The second-order valence-corrected chi connectivity index (χ2v) is 7.76. The third-order valence-corrected chi connectivity index (χ3v) is 5.27. The molecule has 1 aliphatic rings. The molecule has 0 spiro atoms. The maximum absolute atomic E-state index is 5.91. The van der Waals surface area contributed by atoms with Gasteiger partial charge in [-0.3, -0.25) is 0 Å². The molecule has 4 nitrogen and oxygen atoms in total. The van der Waals surface area contributed by atoms with Crippen LogP contribution in [0.1, 0.15) is 16.7 Å². The van der Waals surface area contributed by atoms with Crippen LogP contribution in [0.3, 0.4) is 0 Å². The van der Waals surface area contributed by atoms with Crippen molar-refractivity contribution in [2.24, 2.45) is 0 Å². The molecule has 7 heteroatoms. The Hall–Kier alpha value is -1.92. The lowest BCUT2D eigenvalue weighted by Gasteiger charge is -2.11. The average molecular weight is 497 g/mol. The van der Waals surface area contributed by atoms with Crippen LogP contribution in [0.5, 0.6) is 17.2 Å². The van der Waals surface area contributed by atoms with Crippen molar-refractivity contribution in [3.63, 3.8) is 0 Å². The summed E-state index contributed by atoms with van der Waals surface area (Å²) >= 11 is 9.51. The summed E-state index contributed by atoms with van der Waals surface area (Å²) in [6.07, 6.45) is 0. The summed E-state index contributed by atoms with van der Waals surface area (Å²) < 4.78 is 17.6. The van der Waals surface area contributed by atoms with Crippen LogP contribution in [0.4, 0.5) is 0 Å². The second-order valence-electron chi connectivity index (χ2n) is 6.47. The van der Waals surface area contributed by atoms with Crippen molar-refractivity contribution in [2.75, 3.05) is 6.79 Å². The molecule has 0 radical (unpaired) electrons. The minimum absolute atomic E-state index is 0. The molecule has 0 amide bonds. The van der Waals surface area contributed by atoms with Gasteiger partial charge in [0.1, 0.15) is 12.4 Å². The van der Waals surface area contributed by atoms with Gasteiger partial charge in [-0.1, -0.05) is 35.9 Å². The summed E-state index contributed by atoms with van der Waals surface area (Å²) in [6, 6.07) is 19.8. The number of hydrogen-bond acceptors (Lipinski definition) is 4. The van der Waals surface area contributed by atoms with Crippen molar-refractivity contribution in [3.8, 4) is 17.2 Å². The van der Waals surface area contributed by atoms with Gasteiger partial charge in [0.2, 0.25) is 6.79 Å². The molecule has 1 N–H and O–H groups in total. The third-order valence-electron chi connectivity index (χ3n) is 4.40. The van der Waals surface area contributed by atoms with E-state index in [0.717, 1.165) is 51.0 Å². The highest BCUT2D eigenvalue weighted by atomic mass is 79.9. The van der Waals surface area contributed by atoms with Crippen molar-refractivity contribution in [1.82, 2.24) is 5.32 Å². The summed E-state index contributed by atoms with van der Waals surface area (Å²) in [5.74, 6) is 2.43. The molecule has 0 aromatic heterocycles. The first-order valence-electron chi connectivity index (χ1n) is 8.92. The van der Waals surface area contributed by atoms with E-state index >= 15 is 0 Å². The Balaban J connectivity index is 0.00000240. The molecule has 0 unspecified atom stereocenters. The first-order chi connectivity index (χ1) is 13.7. The molecule has 4 rings (SSSR count). The number of nitrogens with one attached hydrogen (secondary N) is 1. The Bertz CT molecular complexity index is 967. The van der Waals surface area contributed by atoms with E-state index in [2.05, 4.69) is 33.4 Å². The van der Waals surface area contributed by atoms with Crippen LogP contribution in [-0.4, -0.2) is 6.79 Å². The standard InChI is InChI=1S/C22H19BrClNO3.ClH/c23-19-9-16(3-7-20(19)26-13-15-1-5-18(24)6-2-15)11-25-12-17-4-8-21-22(10-17)28-14-27-21;/h1-10,25H,11-14H2;1H. The molecule has 1 aliphatic heterocycles. The van der Waals surface area contributed by atoms with Gasteiger partial charge in [0.05, 0.1) is 4.47 Å². The minimum atomic E-state index is 0. The van der Waals surface area contributed by atoms with Crippen molar-refractivity contribution in [2.45, 2.75) is 19.7 Å². The van der Waals surface area contributed by atoms with Crippen LogP contribution in [-0.2, 0) is 19.7 Å². The number of ether oxygens (including phenoxy) is 3. The summed E-state index contributed by atoms with van der Waals surface area (Å²) in [5, 5.41) is 4.17. The van der Waals surface area contributed by atoms with E-state index in [1.54, 1.807) is 0 Å². The highest BCUT2D eigenvalue weighted by Crippen LogP contribution is 2.32. The Morgan fingerprint density at radius 1 is 0.862 bits per heavy atom. The van der Waals surface area contributed by atoms with Crippen LogP contribution < -0.4 is 19.5 Å². The molecular formula is C22H20BrCl2NO3. The van der Waals surface area contributed by atoms with Crippen LogP contribution in [0.25, 0.3) is 0 Å². The van der Waals surface area contributed by atoms with E-state index < -0.39 is 0 Å². The SMILES string of the molecule is Cl.Clc1ccc(COc2ccc(CNCc3ccc4c(c3)OCO4)cc2Br)cc1.